The molecule has 0 fully saturated rings. The molecule has 1 atom stereocenters. The first kappa shape index (κ1) is 9.04. The third-order valence-corrected chi connectivity index (χ3v) is 3.02. The van der Waals surface area contributed by atoms with Gasteiger partial charge < -0.3 is 0 Å². The summed E-state index contributed by atoms with van der Waals surface area (Å²) in [6.45, 7) is 0. The van der Waals surface area contributed by atoms with Crippen molar-refractivity contribution in [1.29, 1.82) is 0 Å². The summed E-state index contributed by atoms with van der Waals surface area (Å²) in [6.07, 6.45) is 0. The van der Waals surface area contributed by atoms with Crippen LogP contribution in [0.25, 0.3) is 0 Å². The van der Waals surface area contributed by atoms with Crippen molar-refractivity contribution in [1.82, 2.24) is 0 Å². The maximum Gasteiger partial charge on any atom is 0.103 e. The molecule has 11 heavy (non-hydrogen) atoms. The second-order valence-electron chi connectivity index (χ2n) is 1.91. The summed E-state index contributed by atoms with van der Waals surface area (Å²) in [7, 11) is -1.09. The summed E-state index contributed by atoms with van der Waals surface area (Å²) >= 11 is 11.0. The van der Waals surface area contributed by atoms with Crippen molar-refractivity contribution in [2.24, 2.45) is 0 Å². The summed E-state index contributed by atoms with van der Waals surface area (Å²) in [5.41, 5.74) is 0. The number of hydrogen-bond donors (Lipinski definition) is 0. The Balaban J connectivity index is 2.90. The highest BCUT2D eigenvalue weighted by atomic mass is 35.5. The molecule has 0 aliphatic carbocycles. The molecule has 1 aromatic carbocycles. The van der Waals surface area contributed by atoms with Gasteiger partial charge in [0.15, 0.2) is 0 Å². The molecule has 0 amide bonds. The Morgan fingerprint density at radius 3 is 2.27 bits per heavy atom. The van der Waals surface area contributed by atoms with Gasteiger partial charge in [-0.1, -0.05) is 11.6 Å². The van der Waals surface area contributed by atoms with Crippen LogP contribution < -0.4 is 0 Å². The first-order valence-corrected chi connectivity index (χ1v) is 5.17. The van der Waals surface area contributed by atoms with Crippen LogP contribution in [0.15, 0.2) is 29.2 Å². The minimum absolute atomic E-state index is 0.127. The van der Waals surface area contributed by atoms with Crippen LogP contribution in [0.2, 0.25) is 5.02 Å². The molecule has 1 aromatic rings. The van der Waals surface area contributed by atoms with Gasteiger partial charge in [0.2, 0.25) is 0 Å². The van der Waals surface area contributed by atoms with Gasteiger partial charge in [0.25, 0.3) is 0 Å². The minimum Gasteiger partial charge on any atom is -0.253 e. The minimum atomic E-state index is -1.09. The summed E-state index contributed by atoms with van der Waals surface area (Å²) in [4.78, 5) is 0.712. The van der Waals surface area contributed by atoms with Gasteiger partial charge >= 0.3 is 0 Å². The molecule has 4 heteroatoms. The number of rotatable bonds is 2. The zero-order valence-electron chi connectivity index (χ0n) is 5.59. The van der Waals surface area contributed by atoms with Crippen LogP contribution in [0.5, 0.6) is 0 Å². The summed E-state index contributed by atoms with van der Waals surface area (Å²) in [5, 5.41) is 0.766. The van der Waals surface area contributed by atoms with Gasteiger partial charge in [-0.15, -0.1) is 11.6 Å². The van der Waals surface area contributed by atoms with E-state index in [1.54, 1.807) is 24.3 Å². The fraction of sp³-hybridized carbons (Fsp3) is 0.143. The van der Waals surface area contributed by atoms with Gasteiger partial charge in [-0.2, -0.15) is 0 Å². The largest absolute Gasteiger partial charge is 0.253 e. The highest BCUT2D eigenvalue weighted by molar-refractivity contribution is 7.86. The average Bonchev–Trinajstić information content (AvgIpc) is 2.05. The molecular formula is C7H6Cl2OS. The lowest BCUT2D eigenvalue weighted by atomic mass is 10.4. The average molecular weight is 209 g/mol. The molecule has 60 valence electrons. The molecular weight excluding hydrogens is 203 g/mol. The molecule has 0 saturated carbocycles. The van der Waals surface area contributed by atoms with Crippen LogP contribution in [0.3, 0.4) is 0 Å². The molecule has 1 rings (SSSR count). The Labute approximate surface area is 77.8 Å². The van der Waals surface area contributed by atoms with Crippen molar-refractivity contribution in [2.45, 2.75) is 4.90 Å². The Morgan fingerprint density at radius 2 is 1.82 bits per heavy atom. The molecule has 1 nitrogen and oxygen atoms in total. The van der Waals surface area contributed by atoms with Gasteiger partial charge in [0.05, 0.1) is 10.8 Å². The maximum atomic E-state index is 11.1. The third-order valence-electron chi connectivity index (χ3n) is 1.18. The predicted molar refractivity (Wildman–Crippen MR) is 48.6 cm³/mol. The van der Waals surface area contributed by atoms with Gasteiger partial charge in [-0.3, -0.25) is 4.21 Å². The van der Waals surface area contributed by atoms with Gasteiger partial charge in [-0.05, 0) is 24.3 Å². The van der Waals surface area contributed by atoms with E-state index >= 15 is 0 Å². The Bertz CT molecular complexity index is 258. The summed E-state index contributed by atoms with van der Waals surface area (Å²) < 4.78 is 11.1. The number of halogens is 2. The van der Waals surface area contributed by atoms with E-state index in [-0.39, 0.29) is 5.21 Å². The predicted octanol–water partition coefficient (Wildman–Crippen LogP) is 2.64. The molecule has 0 radical (unpaired) electrons. The van der Waals surface area contributed by atoms with E-state index in [4.69, 9.17) is 23.2 Å². The van der Waals surface area contributed by atoms with Crippen LogP contribution in [0.4, 0.5) is 0 Å². The van der Waals surface area contributed by atoms with Crippen LogP contribution in [0, 0.1) is 0 Å². The molecule has 0 spiro atoms. The first-order valence-electron chi connectivity index (χ1n) is 2.94. The lowest BCUT2D eigenvalue weighted by molar-refractivity contribution is 0.686. The monoisotopic (exact) mass is 208 g/mol. The summed E-state index contributed by atoms with van der Waals surface area (Å²) in [6, 6.07) is 6.81. The van der Waals surface area contributed by atoms with Crippen molar-refractivity contribution in [2.75, 3.05) is 5.21 Å². The maximum absolute atomic E-state index is 11.1. The Hall–Kier alpha value is -0.0500. The van der Waals surface area contributed by atoms with Crippen LogP contribution in [0.1, 0.15) is 0 Å². The SMILES string of the molecule is O=S(CCl)c1ccc(Cl)cc1. The van der Waals surface area contributed by atoms with E-state index in [9.17, 15) is 4.21 Å². The highest BCUT2D eigenvalue weighted by Crippen LogP contribution is 2.12. The summed E-state index contributed by atoms with van der Waals surface area (Å²) in [5.74, 6) is 0. The van der Waals surface area contributed by atoms with E-state index in [1.165, 1.54) is 0 Å². The van der Waals surface area contributed by atoms with Crippen molar-refractivity contribution in [3.63, 3.8) is 0 Å². The van der Waals surface area contributed by atoms with Gasteiger partial charge in [-0.25, -0.2) is 0 Å². The normalized spacial score (nSPS) is 12.9. The lowest BCUT2D eigenvalue weighted by Gasteiger charge is -1.96. The second-order valence-corrected chi connectivity index (χ2v) is 4.38. The second kappa shape index (κ2) is 4.10. The van der Waals surface area contributed by atoms with E-state index in [0.717, 1.165) is 0 Å². The van der Waals surface area contributed by atoms with Crippen molar-refractivity contribution in [3.05, 3.63) is 29.3 Å². The third kappa shape index (κ3) is 2.47. The van der Waals surface area contributed by atoms with E-state index in [1.807, 2.05) is 0 Å². The number of alkyl halides is 1. The number of benzene rings is 1. The molecule has 0 heterocycles. The van der Waals surface area contributed by atoms with E-state index < -0.39 is 10.8 Å². The molecule has 0 N–H and O–H groups in total. The van der Waals surface area contributed by atoms with Gasteiger partial charge in [0, 0.05) is 9.92 Å². The molecule has 0 bridgehead atoms. The molecule has 0 aromatic heterocycles. The fourth-order valence-electron chi connectivity index (χ4n) is 0.649. The molecule has 0 saturated heterocycles. The van der Waals surface area contributed by atoms with E-state index in [0.29, 0.717) is 9.92 Å². The van der Waals surface area contributed by atoms with Crippen LogP contribution >= 0.6 is 23.2 Å². The van der Waals surface area contributed by atoms with Crippen LogP contribution in [-0.2, 0) is 10.8 Å². The topological polar surface area (TPSA) is 17.1 Å². The quantitative estimate of drug-likeness (QED) is 0.684. The lowest BCUT2D eigenvalue weighted by Crippen LogP contribution is -1.90. The standard InChI is InChI=1S/C7H6Cl2OS/c8-5-11(10)7-3-1-6(9)2-4-7/h1-4H,5H2. The molecule has 0 aliphatic rings. The fourth-order valence-corrected chi connectivity index (χ4v) is 1.72. The van der Waals surface area contributed by atoms with Crippen molar-refractivity contribution in [3.8, 4) is 0 Å². The molecule has 1 unspecified atom stereocenters. The first-order chi connectivity index (χ1) is 5.24. The Kier molecular flexibility index (Phi) is 3.37. The highest BCUT2D eigenvalue weighted by Gasteiger charge is 1.99. The number of hydrogen-bond acceptors (Lipinski definition) is 1. The van der Waals surface area contributed by atoms with Crippen molar-refractivity contribution < 1.29 is 4.21 Å². The molecule has 0 aliphatic heterocycles. The van der Waals surface area contributed by atoms with E-state index in [2.05, 4.69) is 0 Å². The van der Waals surface area contributed by atoms with Gasteiger partial charge in [0.1, 0.15) is 5.21 Å². The Morgan fingerprint density at radius 1 is 1.27 bits per heavy atom. The van der Waals surface area contributed by atoms with Crippen molar-refractivity contribution >= 4 is 34.0 Å². The van der Waals surface area contributed by atoms with Crippen LogP contribution in [-0.4, -0.2) is 9.42 Å². The smallest absolute Gasteiger partial charge is 0.103 e. The zero-order chi connectivity index (χ0) is 8.27. The zero-order valence-corrected chi connectivity index (χ0v) is 7.92.